The Bertz CT molecular complexity index is 343. The number of hydrogen-bond donors (Lipinski definition) is 2. The molecule has 2 saturated carbocycles. The summed E-state index contributed by atoms with van der Waals surface area (Å²) in [5, 5.41) is 6.77. The van der Waals surface area contributed by atoms with Gasteiger partial charge in [0.25, 0.3) is 0 Å². The summed E-state index contributed by atoms with van der Waals surface area (Å²) in [6.07, 6.45) is 13.0. The van der Waals surface area contributed by atoms with E-state index in [1.807, 2.05) is 0 Å². The highest BCUT2D eigenvalue weighted by Gasteiger charge is 2.38. The van der Waals surface area contributed by atoms with Gasteiger partial charge in [0.15, 0.2) is 0 Å². The van der Waals surface area contributed by atoms with E-state index in [4.69, 9.17) is 0 Å². The van der Waals surface area contributed by atoms with E-state index in [0.29, 0.717) is 6.04 Å². The van der Waals surface area contributed by atoms with Crippen molar-refractivity contribution in [3.05, 3.63) is 0 Å². The number of carbonyl (C=O) groups excluding carboxylic acids is 1. The second-order valence-electron chi connectivity index (χ2n) is 7.82. The number of nitrogens with one attached hydrogen (secondary N) is 2. The Morgan fingerprint density at radius 2 is 1.95 bits per heavy atom. The smallest absolute Gasteiger partial charge is 0.237 e. The van der Waals surface area contributed by atoms with Crippen molar-refractivity contribution in [3.63, 3.8) is 0 Å². The molecule has 3 heteroatoms. The Morgan fingerprint density at radius 1 is 1.10 bits per heavy atom. The largest absolute Gasteiger partial charge is 0.355 e. The van der Waals surface area contributed by atoms with Crippen LogP contribution in [0.2, 0.25) is 0 Å². The first-order valence-corrected chi connectivity index (χ1v) is 9.26. The van der Waals surface area contributed by atoms with Gasteiger partial charge in [0.1, 0.15) is 0 Å². The predicted octanol–water partition coefficient (Wildman–Crippen LogP) is 3.24. The van der Waals surface area contributed by atoms with Crippen LogP contribution in [-0.2, 0) is 4.79 Å². The molecule has 0 bridgehead atoms. The summed E-state index contributed by atoms with van der Waals surface area (Å²) < 4.78 is 0. The quantitative estimate of drug-likeness (QED) is 0.835. The van der Waals surface area contributed by atoms with E-state index in [0.717, 1.165) is 30.7 Å². The van der Waals surface area contributed by atoms with E-state index in [2.05, 4.69) is 17.6 Å². The van der Waals surface area contributed by atoms with Crippen LogP contribution in [0.15, 0.2) is 0 Å². The molecule has 0 radical (unpaired) electrons. The fraction of sp³-hybridized carbons (Fsp3) is 0.944. The maximum Gasteiger partial charge on any atom is 0.237 e. The fourth-order valence-corrected chi connectivity index (χ4v) is 4.87. The van der Waals surface area contributed by atoms with Gasteiger partial charge in [0.05, 0.1) is 6.04 Å². The zero-order valence-electron chi connectivity index (χ0n) is 13.6. The van der Waals surface area contributed by atoms with Crippen LogP contribution in [0, 0.1) is 17.8 Å². The Kier molecular flexibility index (Phi) is 5.20. The molecule has 120 valence electrons. The number of hydrogen-bond acceptors (Lipinski definition) is 2. The second-order valence-corrected chi connectivity index (χ2v) is 7.82. The van der Waals surface area contributed by atoms with Gasteiger partial charge in [-0.05, 0) is 49.9 Å². The maximum atomic E-state index is 12.3. The van der Waals surface area contributed by atoms with Crippen LogP contribution in [0.3, 0.4) is 0 Å². The summed E-state index contributed by atoms with van der Waals surface area (Å²) >= 11 is 0. The summed E-state index contributed by atoms with van der Waals surface area (Å²) in [6.45, 7) is 3.25. The molecular weight excluding hydrogens is 260 g/mol. The third-order valence-electron chi connectivity index (χ3n) is 6.08. The first kappa shape index (κ1) is 15.3. The van der Waals surface area contributed by atoms with Crippen LogP contribution >= 0.6 is 0 Å². The first-order chi connectivity index (χ1) is 10.2. The molecule has 3 fully saturated rings. The molecule has 5 unspecified atom stereocenters. The Morgan fingerprint density at radius 3 is 2.76 bits per heavy atom. The summed E-state index contributed by atoms with van der Waals surface area (Å²) in [7, 11) is 0. The van der Waals surface area contributed by atoms with Crippen LogP contribution in [0.4, 0.5) is 0 Å². The molecular formula is C18H32N2O. The molecule has 2 N–H and O–H groups in total. The molecule has 1 heterocycles. The molecule has 0 aromatic heterocycles. The van der Waals surface area contributed by atoms with Gasteiger partial charge in [0.2, 0.25) is 5.91 Å². The fourth-order valence-electron chi connectivity index (χ4n) is 4.87. The van der Waals surface area contributed by atoms with Gasteiger partial charge in [-0.15, -0.1) is 0 Å². The topological polar surface area (TPSA) is 41.1 Å². The first-order valence-electron chi connectivity index (χ1n) is 9.26. The maximum absolute atomic E-state index is 12.3. The van der Waals surface area contributed by atoms with Gasteiger partial charge in [-0.3, -0.25) is 4.79 Å². The van der Waals surface area contributed by atoms with Crippen molar-refractivity contribution in [2.45, 2.75) is 83.2 Å². The molecule has 2 aliphatic carbocycles. The highest BCUT2D eigenvalue weighted by atomic mass is 16.2. The van der Waals surface area contributed by atoms with Crippen LogP contribution < -0.4 is 10.6 Å². The van der Waals surface area contributed by atoms with E-state index in [-0.39, 0.29) is 11.9 Å². The highest BCUT2D eigenvalue weighted by Crippen LogP contribution is 2.33. The molecule has 0 aromatic carbocycles. The molecule has 21 heavy (non-hydrogen) atoms. The van der Waals surface area contributed by atoms with Crippen LogP contribution in [-0.4, -0.2) is 24.5 Å². The third kappa shape index (κ3) is 4.00. The number of rotatable bonds is 4. The third-order valence-corrected chi connectivity index (χ3v) is 6.08. The normalized spacial score (nSPS) is 39.8. The van der Waals surface area contributed by atoms with Crippen LogP contribution in [0.5, 0.6) is 0 Å². The molecule has 3 nitrogen and oxygen atoms in total. The molecule has 0 spiro atoms. The van der Waals surface area contributed by atoms with Crippen molar-refractivity contribution in [1.29, 1.82) is 0 Å². The average Bonchev–Trinajstić information content (AvgIpc) is 2.91. The minimum Gasteiger partial charge on any atom is -0.355 e. The number of fused-ring (bicyclic) bond motifs is 1. The predicted molar refractivity (Wildman–Crippen MR) is 86.0 cm³/mol. The van der Waals surface area contributed by atoms with Gasteiger partial charge < -0.3 is 10.6 Å². The van der Waals surface area contributed by atoms with E-state index >= 15 is 0 Å². The Balaban J connectivity index is 1.36. The van der Waals surface area contributed by atoms with Gasteiger partial charge in [-0.1, -0.05) is 39.0 Å². The number of amides is 1. The van der Waals surface area contributed by atoms with Crippen LogP contribution in [0.25, 0.3) is 0 Å². The molecule has 1 saturated heterocycles. The van der Waals surface area contributed by atoms with Crippen molar-refractivity contribution < 1.29 is 4.79 Å². The van der Waals surface area contributed by atoms with Crippen molar-refractivity contribution >= 4 is 5.91 Å². The lowest BCUT2D eigenvalue weighted by molar-refractivity contribution is -0.122. The molecule has 3 rings (SSSR count). The zero-order chi connectivity index (χ0) is 14.7. The van der Waals surface area contributed by atoms with Gasteiger partial charge >= 0.3 is 0 Å². The summed E-state index contributed by atoms with van der Waals surface area (Å²) in [5.74, 6) is 2.74. The zero-order valence-corrected chi connectivity index (χ0v) is 13.6. The van der Waals surface area contributed by atoms with E-state index in [9.17, 15) is 4.79 Å². The van der Waals surface area contributed by atoms with E-state index in [1.165, 1.54) is 57.8 Å². The van der Waals surface area contributed by atoms with Gasteiger partial charge in [-0.2, -0.15) is 0 Å². The Hall–Kier alpha value is -0.570. The average molecular weight is 292 g/mol. The molecule has 5 atom stereocenters. The van der Waals surface area contributed by atoms with Crippen molar-refractivity contribution in [1.82, 2.24) is 10.6 Å². The molecule has 3 aliphatic rings. The molecule has 0 aromatic rings. The van der Waals surface area contributed by atoms with Crippen molar-refractivity contribution in [2.24, 2.45) is 17.8 Å². The lowest BCUT2D eigenvalue weighted by Gasteiger charge is -2.26. The Labute approximate surface area is 129 Å². The standard InChI is InChI=1S/C18H32N2O/c1-13-5-4-6-14(11-13)9-10-19-18(21)17-12-15-7-2-3-8-16(15)20-17/h13-17,20H,2-12H2,1H3,(H,19,21). The molecule has 1 aliphatic heterocycles. The minimum absolute atomic E-state index is 0.0865. The van der Waals surface area contributed by atoms with E-state index in [1.54, 1.807) is 0 Å². The number of carbonyl (C=O) groups is 1. The summed E-state index contributed by atoms with van der Waals surface area (Å²) in [5.41, 5.74) is 0. The van der Waals surface area contributed by atoms with Crippen LogP contribution in [0.1, 0.15) is 71.1 Å². The SMILES string of the molecule is CC1CCCC(CCNC(=O)C2CC3CCCCC3N2)C1. The van der Waals surface area contributed by atoms with Crippen molar-refractivity contribution in [2.75, 3.05) is 6.54 Å². The van der Waals surface area contributed by atoms with Gasteiger partial charge in [0, 0.05) is 12.6 Å². The monoisotopic (exact) mass is 292 g/mol. The second kappa shape index (κ2) is 7.13. The highest BCUT2D eigenvalue weighted by molar-refractivity contribution is 5.82. The lowest BCUT2D eigenvalue weighted by atomic mass is 9.81. The van der Waals surface area contributed by atoms with Crippen molar-refractivity contribution in [3.8, 4) is 0 Å². The summed E-state index contributed by atoms with van der Waals surface area (Å²) in [4.78, 5) is 12.3. The lowest BCUT2D eigenvalue weighted by Crippen LogP contribution is -2.43. The molecule has 1 amide bonds. The summed E-state index contributed by atoms with van der Waals surface area (Å²) in [6, 6.07) is 0.706. The van der Waals surface area contributed by atoms with Gasteiger partial charge in [-0.25, -0.2) is 0 Å². The minimum atomic E-state index is 0.0865. The van der Waals surface area contributed by atoms with E-state index < -0.39 is 0 Å².